The average Bonchev–Trinajstić information content (AvgIpc) is 3.71. The molecular formula is C42H40BrNO10S. The number of thiophene rings is 1. The fourth-order valence-electron chi connectivity index (χ4n) is 6.55. The molecule has 7 rings (SSSR count). The summed E-state index contributed by atoms with van der Waals surface area (Å²) in [6, 6.07) is 25.6. The average molecular weight is 831 g/mol. The summed E-state index contributed by atoms with van der Waals surface area (Å²) >= 11 is 5.07. The van der Waals surface area contributed by atoms with Gasteiger partial charge in [-0.2, -0.15) is 0 Å². The highest BCUT2D eigenvalue weighted by molar-refractivity contribution is 9.10. The Morgan fingerprint density at radius 2 is 1.44 bits per heavy atom. The van der Waals surface area contributed by atoms with Gasteiger partial charge in [-0.05, 0) is 78.7 Å². The summed E-state index contributed by atoms with van der Waals surface area (Å²) in [4.78, 5) is 39.6. The number of hydrogen-bond donors (Lipinski definition) is 1. The summed E-state index contributed by atoms with van der Waals surface area (Å²) in [6.45, 7) is 3.36. The lowest BCUT2D eigenvalue weighted by atomic mass is 9.92. The summed E-state index contributed by atoms with van der Waals surface area (Å²) in [7, 11) is 0. The highest BCUT2D eigenvalue weighted by Gasteiger charge is 2.40. The molecule has 4 aromatic carbocycles. The van der Waals surface area contributed by atoms with Crippen molar-refractivity contribution in [3.8, 4) is 39.2 Å². The molecule has 1 aliphatic carbocycles. The van der Waals surface area contributed by atoms with Crippen molar-refractivity contribution >= 4 is 54.8 Å². The van der Waals surface area contributed by atoms with Crippen molar-refractivity contribution in [1.82, 2.24) is 4.90 Å². The van der Waals surface area contributed by atoms with Gasteiger partial charge in [-0.1, -0.05) is 34.1 Å². The second-order valence-corrected chi connectivity index (χ2v) is 15.0. The van der Waals surface area contributed by atoms with E-state index in [4.69, 9.17) is 28.4 Å². The third kappa shape index (κ3) is 9.54. The van der Waals surface area contributed by atoms with Gasteiger partial charge in [0.25, 0.3) is 5.91 Å². The van der Waals surface area contributed by atoms with Crippen LogP contribution in [-0.4, -0.2) is 86.4 Å². The minimum Gasteiger partial charge on any atom is -0.508 e. The van der Waals surface area contributed by atoms with Gasteiger partial charge >= 0.3 is 0 Å². The Labute approximate surface area is 330 Å². The van der Waals surface area contributed by atoms with Gasteiger partial charge in [-0.3, -0.25) is 14.4 Å². The van der Waals surface area contributed by atoms with E-state index in [2.05, 4.69) is 15.9 Å². The van der Waals surface area contributed by atoms with Crippen LogP contribution in [0.15, 0.2) is 89.4 Å². The Hall–Kier alpha value is -4.79. The van der Waals surface area contributed by atoms with Crippen molar-refractivity contribution in [2.24, 2.45) is 0 Å². The molecule has 286 valence electrons. The van der Waals surface area contributed by atoms with Crippen LogP contribution in [0.5, 0.6) is 28.7 Å². The zero-order chi connectivity index (χ0) is 38.1. The Morgan fingerprint density at radius 1 is 0.764 bits per heavy atom. The van der Waals surface area contributed by atoms with Crippen molar-refractivity contribution in [3.05, 3.63) is 101 Å². The van der Waals surface area contributed by atoms with Crippen molar-refractivity contribution in [2.75, 3.05) is 52.9 Å². The molecule has 1 atom stereocenters. The minimum atomic E-state index is -0.561. The van der Waals surface area contributed by atoms with Crippen molar-refractivity contribution in [3.63, 3.8) is 0 Å². The third-order valence-electron chi connectivity index (χ3n) is 9.27. The number of fused-ring (bicyclic) bond motifs is 2. The molecule has 0 saturated heterocycles. The first-order valence-corrected chi connectivity index (χ1v) is 19.7. The van der Waals surface area contributed by atoms with E-state index in [1.165, 1.54) is 0 Å². The first-order chi connectivity index (χ1) is 26.8. The van der Waals surface area contributed by atoms with Gasteiger partial charge in [0.1, 0.15) is 42.0 Å². The summed E-state index contributed by atoms with van der Waals surface area (Å²) < 4.78 is 37.0. The molecule has 5 aromatic rings. The normalized spacial score (nSPS) is 15.5. The first-order valence-electron chi connectivity index (χ1n) is 18.1. The van der Waals surface area contributed by atoms with E-state index in [0.29, 0.717) is 88.5 Å². The predicted octanol–water partition coefficient (Wildman–Crippen LogP) is 7.98. The monoisotopic (exact) mass is 829 g/mol. The number of benzene rings is 4. The van der Waals surface area contributed by atoms with Crippen LogP contribution in [0.2, 0.25) is 0 Å². The molecule has 2 aliphatic rings. The number of halogens is 1. The van der Waals surface area contributed by atoms with E-state index < -0.39 is 6.04 Å². The van der Waals surface area contributed by atoms with Gasteiger partial charge in [-0.25, -0.2) is 0 Å². The van der Waals surface area contributed by atoms with Gasteiger partial charge < -0.3 is 38.4 Å². The van der Waals surface area contributed by atoms with Gasteiger partial charge in [0.05, 0.1) is 63.5 Å². The molecule has 55 heavy (non-hydrogen) atoms. The molecule has 1 amide bonds. The van der Waals surface area contributed by atoms with Gasteiger partial charge in [-0.15, -0.1) is 11.3 Å². The molecular weight excluding hydrogens is 790 g/mol. The van der Waals surface area contributed by atoms with Crippen LogP contribution in [0.1, 0.15) is 35.2 Å². The summed E-state index contributed by atoms with van der Waals surface area (Å²) in [5.41, 5.74) is 2.31. The van der Waals surface area contributed by atoms with Crippen LogP contribution in [0.3, 0.4) is 0 Å². The van der Waals surface area contributed by atoms with Crippen LogP contribution in [-0.2, 0) is 30.3 Å². The fraction of sp³-hybridized carbons (Fsp3) is 0.310. The van der Waals surface area contributed by atoms with Crippen LogP contribution in [0.4, 0.5) is 0 Å². The van der Waals surface area contributed by atoms with E-state index in [9.17, 15) is 19.5 Å². The molecule has 2 heterocycles. The molecule has 11 nitrogen and oxygen atoms in total. The summed E-state index contributed by atoms with van der Waals surface area (Å²) in [6.07, 6.45) is 0.582. The number of aromatic hydroxyl groups is 1. The number of carbonyl (C=O) groups excluding carboxylic acids is 3. The summed E-state index contributed by atoms with van der Waals surface area (Å²) in [5, 5.41) is 11.0. The number of rotatable bonds is 18. The molecule has 1 unspecified atom stereocenters. The minimum absolute atomic E-state index is 0.0678. The zero-order valence-corrected chi connectivity index (χ0v) is 32.4. The number of amides is 1. The first kappa shape index (κ1) is 38.5. The highest BCUT2D eigenvalue weighted by atomic mass is 79.9. The molecule has 0 radical (unpaired) electrons. The van der Waals surface area contributed by atoms with E-state index in [-0.39, 0.29) is 36.2 Å². The smallest absolute Gasteiger partial charge is 0.255 e. The van der Waals surface area contributed by atoms with Gasteiger partial charge in [0.2, 0.25) is 0 Å². The lowest BCUT2D eigenvalue weighted by Crippen LogP contribution is -2.44. The highest BCUT2D eigenvalue weighted by Crippen LogP contribution is 2.47. The maximum atomic E-state index is 13.0. The molecule has 0 spiro atoms. The fourth-order valence-corrected chi connectivity index (χ4v) is 7.98. The van der Waals surface area contributed by atoms with E-state index in [0.717, 1.165) is 36.3 Å². The van der Waals surface area contributed by atoms with Crippen LogP contribution in [0.25, 0.3) is 20.5 Å². The number of ether oxygens (including phenoxy) is 6. The number of phenolic OH excluding ortho intramolecular Hbond substituents is 1. The third-order valence-corrected chi connectivity index (χ3v) is 11.0. The maximum Gasteiger partial charge on any atom is 0.255 e. The summed E-state index contributed by atoms with van der Waals surface area (Å²) in [5.74, 6) is 2.45. The molecule has 13 heteroatoms. The lowest BCUT2D eigenvalue weighted by molar-refractivity contribution is -0.133. The molecule has 1 N–H and O–H groups in total. The number of ketones is 2. The lowest BCUT2D eigenvalue weighted by Gasteiger charge is -2.29. The second-order valence-electron chi connectivity index (χ2n) is 13.0. The Balaban J connectivity index is 0.755. The van der Waals surface area contributed by atoms with Crippen molar-refractivity contribution in [2.45, 2.75) is 31.8 Å². The number of phenols is 1. The molecule has 1 saturated carbocycles. The largest absolute Gasteiger partial charge is 0.508 e. The van der Waals surface area contributed by atoms with E-state index >= 15 is 0 Å². The number of Topliss-reactive ketones (excluding diaryl/α,β-unsaturated/α-hetero) is 2. The van der Waals surface area contributed by atoms with Crippen molar-refractivity contribution < 1.29 is 47.9 Å². The Bertz CT molecular complexity index is 2140. The maximum absolute atomic E-state index is 13.0. The second kappa shape index (κ2) is 18.2. The number of carbonyl (C=O) groups is 3. The van der Waals surface area contributed by atoms with Crippen molar-refractivity contribution in [1.29, 1.82) is 0 Å². The number of hydrogen-bond acceptors (Lipinski definition) is 11. The van der Waals surface area contributed by atoms with E-state index in [1.807, 2.05) is 60.7 Å². The Kier molecular flexibility index (Phi) is 12.8. The van der Waals surface area contributed by atoms with Gasteiger partial charge in [0, 0.05) is 32.1 Å². The quantitative estimate of drug-likeness (QED) is 0.0686. The predicted molar refractivity (Wildman–Crippen MR) is 211 cm³/mol. The van der Waals surface area contributed by atoms with E-state index in [1.54, 1.807) is 40.5 Å². The number of nitrogens with zero attached hydrogens (tertiary/aromatic N) is 1. The zero-order valence-electron chi connectivity index (χ0n) is 30.0. The van der Waals surface area contributed by atoms with Gasteiger partial charge in [0.15, 0.2) is 11.5 Å². The molecule has 1 aliphatic heterocycles. The molecule has 1 fully saturated rings. The van der Waals surface area contributed by atoms with Crippen LogP contribution in [0, 0.1) is 0 Å². The van der Waals surface area contributed by atoms with Crippen LogP contribution < -0.4 is 14.2 Å². The SMILES string of the molecule is O=C1CCC(N2Cc3c(OCCOCCOCCOCCOc4ccc(Oc5c(-c6ccc(Br)cc6)sc6cc(O)ccc56)cc4)cccc3C2=O)C(=O)C1. The molecule has 0 bridgehead atoms. The Morgan fingerprint density at radius 3 is 2.15 bits per heavy atom. The molecule has 1 aromatic heterocycles. The van der Waals surface area contributed by atoms with Crippen LogP contribution >= 0.6 is 27.3 Å². The topological polar surface area (TPSA) is 130 Å². The standard InChI is InChI=1S/C42H40BrNO10S/c43-28-6-4-27(5-7-28)41-40(34-14-8-30(46)25-39(34)55-41)54-32-12-10-31(11-13-32)52-22-20-50-18-16-49-17-19-51-21-23-53-38-3-1-2-33-35(38)26-44(42(33)48)36-15-9-29(45)24-37(36)47/h1-8,10-14,25,36,46H,9,15-24,26H2.